The monoisotopic (exact) mass is 894 g/mol. The number of benzene rings is 2. The van der Waals surface area contributed by atoms with E-state index in [0.29, 0.717) is 38.8 Å². The van der Waals surface area contributed by atoms with Crippen LogP contribution >= 0.6 is 0 Å². The van der Waals surface area contributed by atoms with Crippen LogP contribution in [0.5, 0.6) is 0 Å². The fraction of sp³-hybridized carbons (Fsp3) is 0.633. The molecule has 4 amide bonds. The normalized spacial score (nSPS) is 17.8. The van der Waals surface area contributed by atoms with Gasteiger partial charge < -0.3 is 39.8 Å². The molecule has 3 rings (SSSR count). The number of carboxylic acid groups (broad SMARTS) is 1. The molecule has 1 fully saturated rings. The second-order valence-corrected chi connectivity index (χ2v) is 18.0. The largest absolute Gasteiger partial charge is 0.478 e. The van der Waals surface area contributed by atoms with Crippen molar-refractivity contribution in [3.05, 3.63) is 71.3 Å². The van der Waals surface area contributed by atoms with E-state index in [9.17, 15) is 33.9 Å². The molecule has 9 atom stereocenters. The molecule has 356 valence electrons. The van der Waals surface area contributed by atoms with E-state index in [1.807, 2.05) is 83.8 Å². The highest BCUT2D eigenvalue weighted by Crippen LogP contribution is 2.30. The summed E-state index contributed by atoms with van der Waals surface area (Å²) in [5, 5.41) is 15.2. The number of nitrogens with one attached hydrogen (secondary N) is 2. The summed E-state index contributed by atoms with van der Waals surface area (Å²) in [5.74, 6) is -3.86. The molecule has 2 aromatic rings. The summed E-state index contributed by atoms with van der Waals surface area (Å²) < 4.78 is 17.0. The summed E-state index contributed by atoms with van der Waals surface area (Å²) in [6, 6.07) is 12.8. The number of hydrogen-bond donors (Lipinski definition) is 3. The van der Waals surface area contributed by atoms with E-state index in [4.69, 9.17) is 14.2 Å². The molecule has 3 N–H and O–H groups in total. The number of methoxy groups -OCH3 is 3. The average molecular weight is 894 g/mol. The maximum atomic E-state index is 14.6. The number of carbonyl (C=O) groups is 6. The Balaban J connectivity index is 1.77. The quantitative estimate of drug-likeness (QED) is 0.116. The van der Waals surface area contributed by atoms with Crippen molar-refractivity contribution in [2.75, 3.05) is 48.5 Å². The van der Waals surface area contributed by atoms with Gasteiger partial charge in [-0.3, -0.25) is 24.1 Å². The van der Waals surface area contributed by atoms with Crippen molar-refractivity contribution in [2.24, 2.45) is 23.7 Å². The molecule has 0 saturated carbocycles. The third-order valence-corrected chi connectivity index (χ3v) is 12.9. The Labute approximate surface area is 380 Å². The van der Waals surface area contributed by atoms with Crippen LogP contribution in [-0.4, -0.2) is 146 Å². The van der Waals surface area contributed by atoms with E-state index in [1.165, 1.54) is 21.3 Å². The maximum absolute atomic E-state index is 14.6. The van der Waals surface area contributed by atoms with Gasteiger partial charge in [0.1, 0.15) is 12.1 Å². The molecule has 0 spiro atoms. The summed E-state index contributed by atoms with van der Waals surface area (Å²) >= 11 is 0. The Bertz CT molecular complexity index is 1830. The molecule has 1 heterocycles. The lowest BCUT2D eigenvalue weighted by Gasteiger charge is -2.41. The third-order valence-electron chi connectivity index (χ3n) is 12.9. The van der Waals surface area contributed by atoms with Crippen molar-refractivity contribution < 1.29 is 48.1 Å². The number of carbonyl (C=O) groups excluding carboxylic acids is 5. The molecule has 1 aliphatic heterocycles. The number of hydrogen-bond acceptors (Lipinski definition) is 10. The second kappa shape index (κ2) is 25.6. The van der Waals surface area contributed by atoms with Crippen molar-refractivity contribution in [3.63, 3.8) is 0 Å². The van der Waals surface area contributed by atoms with Gasteiger partial charge in [0.15, 0.2) is 0 Å². The second-order valence-electron chi connectivity index (χ2n) is 18.0. The smallest absolute Gasteiger partial charge is 0.335 e. The summed E-state index contributed by atoms with van der Waals surface area (Å²) in [7, 11) is 7.92. The first-order valence-electron chi connectivity index (χ1n) is 22.7. The molecule has 0 radical (unpaired) electrons. The van der Waals surface area contributed by atoms with Gasteiger partial charge in [0.05, 0.1) is 55.3 Å². The zero-order chi connectivity index (χ0) is 47.8. The van der Waals surface area contributed by atoms with Gasteiger partial charge in [0, 0.05) is 40.8 Å². The molecule has 1 aliphatic rings. The Hall–Kier alpha value is -4.86. The van der Waals surface area contributed by atoms with Gasteiger partial charge in [-0.15, -0.1) is 0 Å². The number of aromatic carboxylic acids is 1. The number of rotatable bonds is 25. The lowest BCUT2D eigenvalue weighted by Crippen LogP contribution is -2.60. The van der Waals surface area contributed by atoms with Crippen molar-refractivity contribution in [2.45, 2.75) is 129 Å². The average Bonchev–Trinajstić information content (AvgIpc) is 3.76. The van der Waals surface area contributed by atoms with Crippen LogP contribution in [0.2, 0.25) is 0 Å². The van der Waals surface area contributed by atoms with Gasteiger partial charge in [-0.25, -0.2) is 9.59 Å². The first-order chi connectivity index (χ1) is 30.3. The van der Waals surface area contributed by atoms with E-state index >= 15 is 0 Å². The van der Waals surface area contributed by atoms with Crippen molar-refractivity contribution in [3.8, 4) is 0 Å². The lowest BCUT2D eigenvalue weighted by molar-refractivity contribution is -0.149. The molecule has 1 saturated heterocycles. The number of nitrogens with zero attached hydrogens (tertiary/aromatic N) is 3. The molecule has 2 aromatic carbocycles. The summed E-state index contributed by atoms with van der Waals surface area (Å²) in [5.41, 5.74) is 2.02. The van der Waals surface area contributed by atoms with Crippen LogP contribution in [0.1, 0.15) is 95.6 Å². The van der Waals surface area contributed by atoms with Gasteiger partial charge >= 0.3 is 11.9 Å². The number of likely N-dealkylation sites (N-methyl/N-ethyl adjacent to an activating group) is 2. The molecule has 64 heavy (non-hydrogen) atoms. The predicted octanol–water partition coefficient (Wildman–Crippen LogP) is 4.85. The number of ether oxygens (including phenoxy) is 3. The Morgan fingerprint density at radius 3 is 2.00 bits per heavy atom. The van der Waals surface area contributed by atoms with E-state index < -0.39 is 66.2 Å². The van der Waals surface area contributed by atoms with Crippen LogP contribution in [0.15, 0.2) is 54.6 Å². The standard InChI is InChI=1S/C49H75N5O10/c1-13-32(6)43(53(9)47(58)41(30(2)3)51-46(57)42(31(4)5)52(8)27-25-34-21-23-36(24-22-34)48(59)60)39(62-10)29-40(55)54-26-17-20-38(54)44(63-11)33(7)45(56)50-37(49(61)64-12)28-35-18-15-14-16-19-35/h14-16,18-19,21-24,30-33,37-39,41-44H,13,17,20,25-29H2,1-12H3,(H,50,56)(H,51,57)(H,59,60)/t32-,33+,37-,38-,39+,41-,42?,43-,44+/m0/s1. The number of carboxylic acids is 1. The molecular weight excluding hydrogens is 819 g/mol. The highest BCUT2D eigenvalue weighted by Gasteiger charge is 2.43. The zero-order valence-corrected chi connectivity index (χ0v) is 40.2. The zero-order valence-electron chi connectivity index (χ0n) is 40.2. The summed E-state index contributed by atoms with van der Waals surface area (Å²) in [6.45, 7) is 14.5. The van der Waals surface area contributed by atoms with Crippen LogP contribution in [0.4, 0.5) is 0 Å². The molecule has 0 aliphatic carbocycles. The van der Waals surface area contributed by atoms with Crippen molar-refractivity contribution >= 4 is 35.6 Å². The minimum atomic E-state index is -0.989. The van der Waals surface area contributed by atoms with Crippen molar-refractivity contribution in [1.29, 1.82) is 0 Å². The predicted molar refractivity (Wildman–Crippen MR) is 245 cm³/mol. The topological polar surface area (TPSA) is 184 Å². The van der Waals surface area contributed by atoms with Crippen molar-refractivity contribution in [1.82, 2.24) is 25.3 Å². The van der Waals surface area contributed by atoms with E-state index in [0.717, 1.165) is 11.1 Å². The first-order valence-corrected chi connectivity index (χ1v) is 22.7. The van der Waals surface area contributed by atoms with Gasteiger partial charge in [-0.05, 0) is 67.3 Å². The SMILES string of the molecule is CC[C@H](C)[C@@H]([C@@H](CC(=O)N1CCC[C@H]1[C@H](OC)[C@@H](C)C(=O)N[C@@H](Cc1ccccc1)C(=O)OC)OC)N(C)C(=O)[C@@H](NC(=O)C(C(C)C)N(C)CCc1ccc(C(=O)O)cc1)C(C)C. The molecule has 0 bridgehead atoms. The van der Waals surface area contributed by atoms with Gasteiger partial charge in [-0.2, -0.15) is 0 Å². The minimum absolute atomic E-state index is 0.0317. The van der Waals surface area contributed by atoms with Crippen LogP contribution in [-0.2, 0) is 51.0 Å². The Morgan fingerprint density at radius 2 is 1.47 bits per heavy atom. The van der Waals surface area contributed by atoms with E-state index in [1.54, 1.807) is 48.0 Å². The minimum Gasteiger partial charge on any atom is -0.478 e. The molecule has 0 aromatic heterocycles. The number of likely N-dealkylation sites (tertiary alicyclic amines) is 1. The molecular formula is C49H75N5O10. The van der Waals surface area contributed by atoms with Gasteiger partial charge in [0.2, 0.25) is 23.6 Å². The molecule has 1 unspecified atom stereocenters. The Kier molecular flexibility index (Phi) is 21.4. The summed E-state index contributed by atoms with van der Waals surface area (Å²) in [4.78, 5) is 86.2. The lowest BCUT2D eigenvalue weighted by atomic mass is 9.89. The fourth-order valence-electron chi connectivity index (χ4n) is 9.04. The van der Waals surface area contributed by atoms with Crippen LogP contribution in [0.25, 0.3) is 0 Å². The number of esters is 1. The summed E-state index contributed by atoms with van der Waals surface area (Å²) in [6.07, 6.45) is 1.45. The fourth-order valence-corrected chi connectivity index (χ4v) is 9.04. The Morgan fingerprint density at radius 1 is 0.828 bits per heavy atom. The van der Waals surface area contributed by atoms with E-state index in [-0.39, 0.29) is 53.9 Å². The maximum Gasteiger partial charge on any atom is 0.335 e. The van der Waals surface area contributed by atoms with Gasteiger partial charge in [0.25, 0.3) is 0 Å². The van der Waals surface area contributed by atoms with Gasteiger partial charge in [-0.1, -0.05) is 97.4 Å². The number of amides is 4. The third kappa shape index (κ3) is 14.3. The molecule has 15 nitrogen and oxygen atoms in total. The molecule has 15 heteroatoms. The van der Waals surface area contributed by atoms with Crippen LogP contribution < -0.4 is 10.6 Å². The highest BCUT2D eigenvalue weighted by atomic mass is 16.5. The van der Waals surface area contributed by atoms with Crippen LogP contribution in [0, 0.1) is 23.7 Å². The first kappa shape index (κ1) is 53.5. The highest BCUT2D eigenvalue weighted by molar-refractivity contribution is 5.90. The van der Waals surface area contributed by atoms with E-state index in [2.05, 4.69) is 10.6 Å². The van der Waals surface area contributed by atoms with Crippen LogP contribution in [0.3, 0.4) is 0 Å².